The van der Waals surface area contributed by atoms with E-state index in [-0.39, 0.29) is 11.8 Å². The van der Waals surface area contributed by atoms with E-state index in [1.807, 2.05) is 11.0 Å². The van der Waals surface area contributed by atoms with Gasteiger partial charge in [-0.05, 0) is 19.1 Å². The van der Waals surface area contributed by atoms with E-state index in [1.54, 1.807) is 31.2 Å². The second kappa shape index (κ2) is 9.37. The SMILES string of the molecule is CC(=O)Nc1cccc(O[C@H](C)C(=O)N2CC[NH+](Cc3ccccc3)CC2)c1. The Morgan fingerprint density at radius 1 is 1.11 bits per heavy atom. The quantitative estimate of drug-likeness (QED) is 0.793. The molecule has 0 aromatic heterocycles. The molecule has 148 valence electrons. The highest BCUT2D eigenvalue weighted by atomic mass is 16.5. The Morgan fingerprint density at radius 3 is 2.50 bits per heavy atom. The van der Waals surface area contributed by atoms with Crippen molar-refractivity contribution in [3.8, 4) is 5.75 Å². The first kappa shape index (κ1) is 19.9. The molecule has 6 nitrogen and oxygen atoms in total. The first-order valence-electron chi connectivity index (χ1n) is 9.72. The number of carbonyl (C=O) groups excluding carboxylic acids is 2. The molecule has 6 heteroatoms. The Morgan fingerprint density at radius 2 is 1.82 bits per heavy atom. The number of nitrogens with zero attached hydrogens (tertiary/aromatic N) is 1. The van der Waals surface area contributed by atoms with Gasteiger partial charge in [-0.1, -0.05) is 36.4 Å². The number of quaternary nitrogens is 1. The van der Waals surface area contributed by atoms with Crippen LogP contribution in [0.5, 0.6) is 5.75 Å². The lowest BCUT2D eigenvalue weighted by Crippen LogP contribution is -3.13. The first-order valence-corrected chi connectivity index (χ1v) is 9.72. The van der Waals surface area contributed by atoms with Crippen molar-refractivity contribution in [2.45, 2.75) is 26.5 Å². The number of carbonyl (C=O) groups is 2. The van der Waals surface area contributed by atoms with Crippen LogP contribution in [0.3, 0.4) is 0 Å². The number of rotatable bonds is 6. The minimum atomic E-state index is -0.566. The fourth-order valence-corrected chi connectivity index (χ4v) is 3.47. The summed E-state index contributed by atoms with van der Waals surface area (Å²) in [4.78, 5) is 27.3. The number of anilines is 1. The summed E-state index contributed by atoms with van der Waals surface area (Å²) in [5.41, 5.74) is 1.98. The van der Waals surface area contributed by atoms with Gasteiger partial charge in [0.15, 0.2) is 6.10 Å². The molecule has 0 radical (unpaired) electrons. The lowest BCUT2D eigenvalue weighted by Gasteiger charge is -2.33. The van der Waals surface area contributed by atoms with Crippen LogP contribution in [0.25, 0.3) is 0 Å². The van der Waals surface area contributed by atoms with Crippen LogP contribution in [-0.4, -0.2) is 49.0 Å². The zero-order valence-corrected chi connectivity index (χ0v) is 16.5. The van der Waals surface area contributed by atoms with Gasteiger partial charge in [0.05, 0.1) is 26.2 Å². The third-order valence-electron chi connectivity index (χ3n) is 4.89. The average molecular weight is 382 g/mol. The summed E-state index contributed by atoms with van der Waals surface area (Å²) >= 11 is 0. The summed E-state index contributed by atoms with van der Waals surface area (Å²) in [6.45, 7) is 7.57. The number of nitrogens with one attached hydrogen (secondary N) is 2. The zero-order chi connectivity index (χ0) is 19.9. The third kappa shape index (κ3) is 5.57. The molecule has 3 rings (SSSR count). The van der Waals surface area contributed by atoms with Crippen molar-refractivity contribution in [3.63, 3.8) is 0 Å². The predicted octanol–water partition coefficient (Wildman–Crippen LogP) is 1.34. The smallest absolute Gasteiger partial charge is 0.263 e. The van der Waals surface area contributed by atoms with E-state index in [0.29, 0.717) is 11.4 Å². The van der Waals surface area contributed by atoms with Gasteiger partial charge in [-0.3, -0.25) is 9.59 Å². The molecule has 1 atom stereocenters. The van der Waals surface area contributed by atoms with Crippen molar-refractivity contribution >= 4 is 17.5 Å². The Hall–Kier alpha value is -2.86. The van der Waals surface area contributed by atoms with Crippen LogP contribution >= 0.6 is 0 Å². The topological polar surface area (TPSA) is 63.1 Å². The van der Waals surface area contributed by atoms with E-state index in [2.05, 4.69) is 29.6 Å². The second-order valence-electron chi connectivity index (χ2n) is 7.21. The lowest BCUT2D eigenvalue weighted by molar-refractivity contribution is -0.917. The summed E-state index contributed by atoms with van der Waals surface area (Å²) in [7, 11) is 0. The largest absolute Gasteiger partial charge is 0.481 e. The van der Waals surface area contributed by atoms with Crippen LogP contribution < -0.4 is 15.0 Å². The summed E-state index contributed by atoms with van der Waals surface area (Å²) in [5, 5.41) is 2.72. The molecule has 2 N–H and O–H groups in total. The molecule has 0 bridgehead atoms. The van der Waals surface area contributed by atoms with E-state index < -0.39 is 6.10 Å². The minimum Gasteiger partial charge on any atom is -0.481 e. The van der Waals surface area contributed by atoms with E-state index in [1.165, 1.54) is 17.4 Å². The van der Waals surface area contributed by atoms with Crippen molar-refractivity contribution < 1.29 is 19.2 Å². The van der Waals surface area contributed by atoms with E-state index in [9.17, 15) is 9.59 Å². The number of hydrogen-bond donors (Lipinski definition) is 2. The molecule has 2 amide bonds. The molecule has 1 heterocycles. The molecule has 0 aliphatic carbocycles. The third-order valence-corrected chi connectivity index (χ3v) is 4.89. The highest BCUT2D eigenvalue weighted by Gasteiger charge is 2.28. The van der Waals surface area contributed by atoms with Gasteiger partial charge in [-0.2, -0.15) is 0 Å². The van der Waals surface area contributed by atoms with E-state index in [4.69, 9.17) is 4.74 Å². The number of piperazine rings is 1. The van der Waals surface area contributed by atoms with E-state index >= 15 is 0 Å². The van der Waals surface area contributed by atoms with Crippen LogP contribution in [0.4, 0.5) is 5.69 Å². The summed E-state index contributed by atoms with van der Waals surface area (Å²) < 4.78 is 5.82. The number of amides is 2. The molecule has 2 aromatic rings. The monoisotopic (exact) mass is 382 g/mol. The zero-order valence-electron chi connectivity index (χ0n) is 16.5. The highest BCUT2D eigenvalue weighted by molar-refractivity contribution is 5.88. The molecule has 0 saturated carbocycles. The second-order valence-corrected chi connectivity index (χ2v) is 7.21. The molecule has 2 aromatic carbocycles. The molecule has 28 heavy (non-hydrogen) atoms. The van der Waals surface area contributed by atoms with Crippen molar-refractivity contribution in [3.05, 3.63) is 60.2 Å². The molecule has 1 saturated heterocycles. The van der Waals surface area contributed by atoms with Crippen LogP contribution in [0.15, 0.2) is 54.6 Å². The maximum Gasteiger partial charge on any atom is 0.263 e. The fraction of sp³-hybridized carbons (Fsp3) is 0.364. The van der Waals surface area contributed by atoms with Gasteiger partial charge >= 0.3 is 0 Å². The average Bonchev–Trinajstić information content (AvgIpc) is 2.68. The number of ether oxygens (including phenoxy) is 1. The fourth-order valence-electron chi connectivity index (χ4n) is 3.47. The molecule has 0 spiro atoms. The standard InChI is InChI=1S/C22H27N3O3/c1-17(28-21-10-6-9-20(15-21)23-18(2)26)22(27)25-13-11-24(12-14-25)16-19-7-4-3-5-8-19/h3-10,15,17H,11-14,16H2,1-2H3,(H,23,26)/p+1/t17-/m1/s1. The first-order chi connectivity index (χ1) is 13.5. The lowest BCUT2D eigenvalue weighted by atomic mass is 10.2. The summed E-state index contributed by atoms with van der Waals surface area (Å²) in [6.07, 6.45) is -0.566. The van der Waals surface area contributed by atoms with Gasteiger partial charge in [-0.15, -0.1) is 0 Å². The molecule has 1 aliphatic rings. The Kier molecular flexibility index (Phi) is 6.66. The number of benzene rings is 2. The molecular formula is C22H28N3O3+. The highest BCUT2D eigenvalue weighted by Crippen LogP contribution is 2.19. The maximum absolute atomic E-state index is 12.8. The number of hydrogen-bond acceptors (Lipinski definition) is 3. The van der Waals surface area contributed by atoms with Crippen LogP contribution in [0, 0.1) is 0 Å². The van der Waals surface area contributed by atoms with Crippen LogP contribution in [-0.2, 0) is 16.1 Å². The maximum atomic E-state index is 12.8. The molecule has 0 unspecified atom stereocenters. The van der Waals surface area contributed by atoms with Crippen LogP contribution in [0.2, 0.25) is 0 Å². The van der Waals surface area contributed by atoms with Crippen molar-refractivity contribution in [2.24, 2.45) is 0 Å². The van der Waals surface area contributed by atoms with Gasteiger partial charge in [0, 0.05) is 24.2 Å². The van der Waals surface area contributed by atoms with Gasteiger partial charge in [0.1, 0.15) is 12.3 Å². The van der Waals surface area contributed by atoms with Gasteiger partial charge < -0.3 is 19.9 Å². The van der Waals surface area contributed by atoms with Crippen molar-refractivity contribution in [2.75, 3.05) is 31.5 Å². The van der Waals surface area contributed by atoms with Gasteiger partial charge in [0.2, 0.25) is 5.91 Å². The van der Waals surface area contributed by atoms with Crippen molar-refractivity contribution in [1.82, 2.24) is 4.90 Å². The Labute approximate surface area is 166 Å². The summed E-state index contributed by atoms with van der Waals surface area (Å²) in [5.74, 6) is 0.432. The predicted molar refractivity (Wildman–Crippen MR) is 108 cm³/mol. The van der Waals surface area contributed by atoms with Crippen molar-refractivity contribution in [1.29, 1.82) is 0 Å². The summed E-state index contributed by atoms with van der Waals surface area (Å²) in [6, 6.07) is 17.6. The Bertz CT molecular complexity index is 802. The minimum absolute atomic E-state index is 0.00342. The molecular weight excluding hydrogens is 354 g/mol. The normalized spacial score (nSPS) is 15.7. The molecule has 1 aliphatic heterocycles. The Balaban J connectivity index is 1.50. The van der Waals surface area contributed by atoms with Gasteiger partial charge in [-0.25, -0.2) is 0 Å². The van der Waals surface area contributed by atoms with Gasteiger partial charge in [0.25, 0.3) is 5.91 Å². The van der Waals surface area contributed by atoms with Crippen LogP contribution in [0.1, 0.15) is 19.4 Å². The molecule has 1 fully saturated rings. The van der Waals surface area contributed by atoms with E-state index in [0.717, 1.165) is 32.7 Å².